The molecule has 0 nitrogen and oxygen atoms in total. The molecule has 0 heteroatoms. The van der Waals surface area contributed by atoms with Crippen LogP contribution in [0.25, 0.3) is 16.7 Å². The van der Waals surface area contributed by atoms with E-state index in [1.165, 1.54) is 73.6 Å². The summed E-state index contributed by atoms with van der Waals surface area (Å²) in [5, 5.41) is 0. The molecule has 0 amide bonds. The molecule has 0 fully saturated rings. The number of rotatable bonds is 7. The van der Waals surface area contributed by atoms with Gasteiger partial charge in [0.05, 0.1) is 0 Å². The van der Waals surface area contributed by atoms with Crippen molar-refractivity contribution in [2.24, 2.45) is 5.92 Å². The standard InChI is InChI=1S/C25H32/c1-3-5-7-21-10-14-23(15-11-21)25-18-16-24(17-19-25)22-12-8-20(6-4-2)9-13-22/h10-12,14-20H,3-9,13H2,1-2H3. The number of unbranched alkanes of at least 4 members (excludes halogenated alkanes) is 1. The Bertz CT molecular complexity index is 673. The van der Waals surface area contributed by atoms with Crippen LogP contribution < -0.4 is 0 Å². The van der Waals surface area contributed by atoms with Crippen molar-refractivity contribution in [2.45, 2.75) is 65.2 Å². The van der Waals surface area contributed by atoms with Crippen LogP contribution >= 0.6 is 0 Å². The molecule has 1 atom stereocenters. The van der Waals surface area contributed by atoms with Crippen molar-refractivity contribution in [1.29, 1.82) is 0 Å². The summed E-state index contributed by atoms with van der Waals surface area (Å²) in [5.74, 6) is 0.916. The first-order valence-corrected chi connectivity index (χ1v) is 10.2. The number of benzene rings is 2. The monoisotopic (exact) mass is 332 g/mol. The van der Waals surface area contributed by atoms with Crippen LogP contribution in [0.1, 0.15) is 69.9 Å². The Balaban J connectivity index is 1.66. The van der Waals surface area contributed by atoms with Gasteiger partial charge in [-0.05, 0) is 65.8 Å². The molecule has 2 aromatic carbocycles. The van der Waals surface area contributed by atoms with Crippen LogP contribution in [0.15, 0.2) is 54.6 Å². The normalized spacial score (nSPS) is 17.4. The first kappa shape index (κ1) is 18.0. The van der Waals surface area contributed by atoms with Gasteiger partial charge < -0.3 is 0 Å². The van der Waals surface area contributed by atoms with Gasteiger partial charge in [-0.3, -0.25) is 0 Å². The summed E-state index contributed by atoms with van der Waals surface area (Å²) in [6, 6.07) is 18.3. The van der Waals surface area contributed by atoms with Gasteiger partial charge in [0.1, 0.15) is 0 Å². The average molecular weight is 333 g/mol. The van der Waals surface area contributed by atoms with Gasteiger partial charge in [-0.1, -0.05) is 87.7 Å². The fourth-order valence-electron chi connectivity index (χ4n) is 3.94. The summed E-state index contributed by atoms with van der Waals surface area (Å²) in [6.07, 6.45) is 12.8. The molecule has 3 rings (SSSR count). The molecule has 1 aliphatic carbocycles. The van der Waals surface area contributed by atoms with E-state index in [-0.39, 0.29) is 0 Å². The summed E-state index contributed by atoms with van der Waals surface area (Å²) in [4.78, 5) is 0. The van der Waals surface area contributed by atoms with E-state index < -0.39 is 0 Å². The van der Waals surface area contributed by atoms with Crippen molar-refractivity contribution in [2.75, 3.05) is 0 Å². The molecule has 0 aromatic heterocycles. The Morgan fingerprint density at radius 2 is 1.44 bits per heavy atom. The quantitative estimate of drug-likeness (QED) is 0.487. The fraction of sp³-hybridized carbons (Fsp3) is 0.440. The van der Waals surface area contributed by atoms with E-state index in [9.17, 15) is 0 Å². The maximum atomic E-state index is 2.49. The number of aryl methyl sites for hydroxylation is 1. The molecule has 0 bridgehead atoms. The van der Waals surface area contributed by atoms with E-state index in [0.29, 0.717) is 0 Å². The van der Waals surface area contributed by atoms with Crippen molar-refractivity contribution in [3.63, 3.8) is 0 Å². The van der Waals surface area contributed by atoms with Gasteiger partial charge in [-0.2, -0.15) is 0 Å². The van der Waals surface area contributed by atoms with Crippen molar-refractivity contribution in [3.05, 3.63) is 65.7 Å². The van der Waals surface area contributed by atoms with E-state index in [1.807, 2.05) is 0 Å². The van der Waals surface area contributed by atoms with Crippen LogP contribution in [-0.4, -0.2) is 0 Å². The third kappa shape index (κ3) is 4.84. The predicted molar refractivity (Wildman–Crippen MR) is 111 cm³/mol. The number of hydrogen-bond donors (Lipinski definition) is 0. The Kier molecular flexibility index (Phi) is 6.50. The molecule has 132 valence electrons. The van der Waals surface area contributed by atoms with Gasteiger partial charge in [-0.15, -0.1) is 0 Å². The zero-order chi connectivity index (χ0) is 17.5. The lowest BCUT2D eigenvalue weighted by Crippen LogP contribution is -2.04. The third-order valence-corrected chi connectivity index (χ3v) is 5.58. The van der Waals surface area contributed by atoms with Crippen molar-refractivity contribution < 1.29 is 0 Å². The first-order chi connectivity index (χ1) is 12.3. The third-order valence-electron chi connectivity index (χ3n) is 5.58. The fourth-order valence-corrected chi connectivity index (χ4v) is 3.94. The molecule has 0 heterocycles. The Morgan fingerprint density at radius 1 is 0.800 bits per heavy atom. The van der Waals surface area contributed by atoms with Crippen molar-refractivity contribution in [1.82, 2.24) is 0 Å². The highest BCUT2D eigenvalue weighted by atomic mass is 14.2. The molecule has 0 aliphatic heterocycles. The van der Waals surface area contributed by atoms with Crippen LogP contribution in [-0.2, 0) is 6.42 Å². The zero-order valence-corrected chi connectivity index (χ0v) is 15.9. The lowest BCUT2D eigenvalue weighted by atomic mass is 9.84. The molecule has 0 saturated carbocycles. The molecule has 0 spiro atoms. The second kappa shape index (κ2) is 9.04. The zero-order valence-electron chi connectivity index (χ0n) is 15.9. The van der Waals surface area contributed by atoms with Gasteiger partial charge in [0.25, 0.3) is 0 Å². The summed E-state index contributed by atoms with van der Waals surface area (Å²) >= 11 is 0. The van der Waals surface area contributed by atoms with Gasteiger partial charge in [0.15, 0.2) is 0 Å². The highest BCUT2D eigenvalue weighted by Crippen LogP contribution is 2.33. The molecule has 1 unspecified atom stereocenters. The minimum Gasteiger partial charge on any atom is -0.0804 e. The molecular formula is C25H32. The minimum atomic E-state index is 0.916. The second-order valence-electron chi connectivity index (χ2n) is 7.54. The molecule has 0 saturated heterocycles. The van der Waals surface area contributed by atoms with Crippen LogP contribution in [0.4, 0.5) is 0 Å². The lowest BCUT2D eigenvalue weighted by Gasteiger charge is -2.21. The van der Waals surface area contributed by atoms with E-state index in [2.05, 4.69) is 68.5 Å². The van der Waals surface area contributed by atoms with Crippen molar-refractivity contribution in [3.8, 4) is 11.1 Å². The highest BCUT2D eigenvalue weighted by Gasteiger charge is 2.14. The van der Waals surface area contributed by atoms with Crippen LogP contribution in [0.2, 0.25) is 0 Å². The molecule has 0 radical (unpaired) electrons. The molecule has 25 heavy (non-hydrogen) atoms. The molecule has 2 aromatic rings. The first-order valence-electron chi connectivity index (χ1n) is 10.2. The van der Waals surface area contributed by atoms with E-state index in [4.69, 9.17) is 0 Å². The van der Waals surface area contributed by atoms with Crippen LogP contribution in [0.5, 0.6) is 0 Å². The average Bonchev–Trinajstić information content (AvgIpc) is 2.68. The summed E-state index contributed by atoms with van der Waals surface area (Å²) in [7, 11) is 0. The van der Waals surface area contributed by atoms with E-state index >= 15 is 0 Å². The highest BCUT2D eigenvalue weighted by molar-refractivity contribution is 5.71. The maximum absolute atomic E-state index is 2.49. The van der Waals surface area contributed by atoms with E-state index in [1.54, 1.807) is 5.57 Å². The largest absolute Gasteiger partial charge is 0.0804 e. The molecule has 0 N–H and O–H groups in total. The Labute approximate surface area is 154 Å². The van der Waals surface area contributed by atoms with Gasteiger partial charge in [0, 0.05) is 0 Å². The lowest BCUT2D eigenvalue weighted by molar-refractivity contribution is 0.445. The van der Waals surface area contributed by atoms with Gasteiger partial charge in [0.2, 0.25) is 0 Å². The van der Waals surface area contributed by atoms with E-state index in [0.717, 1.165) is 5.92 Å². The topological polar surface area (TPSA) is 0 Å². The smallest absolute Gasteiger partial charge is 0.0184 e. The van der Waals surface area contributed by atoms with Crippen LogP contribution in [0, 0.1) is 5.92 Å². The minimum absolute atomic E-state index is 0.916. The second-order valence-corrected chi connectivity index (χ2v) is 7.54. The number of hydrogen-bond acceptors (Lipinski definition) is 0. The van der Waals surface area contributed by atoms with Gasteiger partial charge in [-0.25, -0.2) is 0 Å². The molecule has 1 aliphatic rings. The summed E-state index contributed by atoms with van der Waals surface area (Å²) in [5.41, 5.74) is 7.07. The predicted octanol–water partition coefficient (Wildman–Crippen LogP) is 7.68. The van der Waals surface area contributed by atoms with Crippen LogP contribution in [0.3, 0.4) is 0 Å². The Hall–Kier alpha value is -1.82. The molecular weight excluding hydrogens is 300 g/mol. The Morgan fingerprint density at radius 3 is 2.00 bits per heavy atom. The van der Waals surface area contributed by atoms with Crippen molar-refractivity contribution >= 4 is 5.57 Å². The summed E-state index contributed by atoms with van der Waals surface area (Å²) < 4.78 is 0. The maximum Gasteiger partial charge on any atom is -0.0184 e. The van der Waals surface area contributed by atoms with Gasteiger partial charge >= 0.3 is 0 Å². The summed E-state index contributed by atoms with van der Waals surface area (Å²) in [6.45, 7) is 4.55. The number of allylic oxidation sites excluding steroid dienone is 2. The SMILES string of the molecule is CCCCc1ccc(-c2ccc(C3=CCC(CCC)CC3)cc2)cc1.